The van der Waals surface area contributed by atoms with Crippen LogP contribution in [0.3, 0.4) is 0 Å². The number of nitrogens with one attached hydrogen (secondary N) is 1. The highest BCUT2D eigenvalue weighted by molar-refractivity contribution is 8.04. The molecule has 5 heterocycles. The van der Waals surface area contributed by atoms with Gasteiger partial charge in [0.05, 0.1) is 28.4 Å². The van der Waals surface area contributed by atoms with Crippen molar-refractivity contribution in [2.24, 2.45) is 5.92 Å². The number of likely N-dealkylation sites (tertiary alicyclic amines) is 1. The number of imidazole rings is 1. The summed E-state index contributed by atoms with van der Waals surface area (Å²) in [4.78, 5) is 20.4. The molecule has 0 bridgehead atoms. The third-order valence-electron chi connectivity index (χ3n) is 6.35. The van der Waals surface area contributed by atoms with Gasteiger partial charge in [0.1, 0.15) is 17.0 Å². The Labute approximate surface area is 190 Å². The Kier molecular flexibility index (Phi) is 5.00. The van der Waals surface area contributed by atoms with E-state index in [1.54, 1.807) is 0 Å². The quantitative estimate of drug-likeness (QED) is 0.489. The number of carbonyl (C=O) groups excluding carboxylic acids is 1. The molecule has 0 unspecified atom stereocenters. The van der Waals surface area contributed by atoms with Gasteiger partial charge in [-0.05, 0) is 62.2 Å². The standard InChI is InChI=1S/C25H24N4O2S/c30-25(22-13-19-15-26-23-6-3-7-24(32-22)29(19)23)27-14-17-8-10-28(11-9-17)16-20-12-18-4-1-2-5-21(18)31-20/h1-7,12-13,15,17H,8-11,14,16H2,(H,27,30). The second-order valence-electron chi connectivity index (χ2n) is 8.53. The summed E-state index contributed by atoms with van der Waals surface area (Å²) in [5, 5.41) is 5.36. The van der Waals surface area contributed by atoms with Crippen molar-refractivity contribution in [3.63, 3.8) is 0 Å². The Morgan fingerprint density at radius 2 is 2.03 bits per heavy atom. The van der Waals surface area contributed by atoms with Crippen LogP contribution in [-0.4, -0.2) is 39.8 Å². The van der Waals surface area contributed by atoms with Gasteiger partial charge in [-0.2, -0.15) is 0 Å². The number of thioether (sulfide) groups is 1. The van der Waals surface area contributed by atoms with Gasteiger partial charge in [-0.15, -0.1) is 0 Å². The summed E-state index contributed by atoms with van der Waals surface area (Å²) in [6.45, 7) is 3.61. The summed E-state index contributed by atoms with van der Waals surface area (Å²) in [6.07, 6.45) is 5.92. The average molecular weight is 445 g/mol. The van der Waals surface area contributed by atoms with Crippen molar-refractivity contribution < 1.29 is 9.21 Å². The fraction of sp³-hybridized carbons (Fsp3) is 0.280. The lowest BCUT2D eigenvalue weighted by atomic mass is 9.96. The molecule has 0 spiro atoms. The number of aromatic nitrogens is 2. The number of amides is 1. The Hall–Kier alpha value is -3.03. The Morgan fingerprint density at radius 3 is 2.91 bits per heavy atom. The monoisotopic (exact) mass is 444 g/mol. The number of piperidine rings is 1. The lowest BCUT2D eigenvalue weighted by Gasteiger charge is -2.31. The smallest absolute Gasteiger partial charge is 0.258 e. The fourth-order valence-electron chi connectivity index (χ4n) is 4.61. The summed E-state index contributed by atoms with van der Waals surface area (Å²) < 4.78 is 8.05. The maximum absolute atomic E-state index is 12.8. The molecule has 0 aliphatic carbocycles. The minimum Gasteiger partial charge on any atom is -0.460 e. The molecule has 0 atom stereocenters. The van der Waals surface area contributed by atoms with E-state index in [-0.39, 0.29) is 5.91 Å². The summed E-state index contributed by atoms with van der Waals surface area (Å²) in [7, 11) is 0. The molecule has 1 amide bonds. The van der Waals surface area contributed by atoms with E-state index in [4.69, 9.17) is 4.42 Å². The molecule has 1 N–H and O–H groups in total. The Bertz CT molecular complexity index is 1300. The zero-order valence-corrected chi connectivity index (χ0v) is 18.5. The number of furan rings is 1. The van der Waals surface area contributed by atoms with Crippen molar-refractivity contribution in [1.82, 2.24) is 19.6 Å². The van der Waals surface area contributed by atoms with Crippen LogP contribution in [0.2, 0.25) is 0 Å². The number of benzene rings is 1. The van der Waals surface area contributed by atoms with E-state index in [1.165, 1.54) is 11.8 Å². The minimum absolute atomic E-state index is 0.00385. The highest BCUT2D eigenvalue weighted by Gasteiger charge is 2.23. The third-order valence-corrected chi connectivity index (χ3v) is 7.40. The average Bonchev–Trinajstić information content (AvgIpc) is 3.43. The lowest BCUT2D eigenvalue weighted by Crippen LogP contribution is -2.38. The van der Waals surface area contributed by atoms with Crippen LogP contribution in [-0.2, 0) is 11.3 Å². The molecule has 3 aromatic heterocycles. The maximum Gasteiger partial charge on any atom is 0.258 e. The van der Waals surface area contributed by atoms with Crippen molar-refractivity contribution >= 4 is 40.4 Å². The number of para-hydroxylation sites is 1. The lowest BCUT2D eigenvalue weighted by molar-refractivity contribution is -0.117. The van der Waals surface area contributed by atoms with E-state index in [0.717, 1.165) is 77.0 Å². The number of fused-ring (bicyclic) bond motifs is 1. The molecule has 7 heteroatoms. The molecule has 4 aromatic rings. The predicted octanol–water partition coefficient (Wildman–Crippen LogP) is 4.56. The second-order valence-corrected chi connectivity index (χ2v) is 9.59. The predicted molar refractivity (Wildman–Crippen MR) is 126 cm³/mol. The maximum atomic E-state index is 12.8. The topological polar surface area (TPSA) is 62.8 Å². The van der Waals surface area contributed by atoms with Crippen LogP contribution in [0.15, 0.2) is 69.1 Å². The van der Waals surface area contributed by atoms with E-state index < -0.39 is 0 Å². The van der Waals surface area contributed by atoms with Crippen LogP contribution in [0.25, 0.3) is 22.7 Å². The fourth-order valence-corrected chi connectivity index (χ4v) is 5.61. The minimum atomic E-state index is 0.00385. The normalized spacial score (nSPS) is 17.1. The van der Waals surface area contributed by atoms with Crippen LogP contribution >= 0.6 is 11.8 Å². The van der Waals surface area contributed by atoms with E-state index in [1.807, 2.05) is 48.7 Å². The van der Waals surface area contributed by atoms with Crippen LogP contribution in [0.1, 0.15) is 24.3 Å². The SMILES string of the molecule is O=C(NCC1CCN(Cc2cc3ccccc3o2)CC1)C1=Cc2cnc3cccc(n23)S1. The molecular formula is C25H24N4O2S. The van der Waals surface area contributed by atoms with Crippen molar-refractivity contribution in [2.45, 2.75) is 24.4 Å². The summed E-state index contributed by atoms with van der Waals surface area (Å²) in [6, 6.07) is 16.3. The molecule has 1 fully saturated rings. The van der Waals surface area contributed by atoms with Gasteiger partial charge >= 0.3 is 0 Å². The van der Waals surface area contributed by atoms with Crippen molar-refractivity contribution in [1.29, 1.82) is 0 Å². The molecule has 0 saturated carbocycles. The summed E-state index contributed by atoms with van der Waals surface area (Å²) in [5.74, 6) is 1.53. The van der Waals surface area contributed by atoms with Crippen molar-refractivity contribution in [3.8, 4) is 0 Å². The van der Waals surface area contributed by atoms with Crippen LogP contribution in [0, 0.1) is 5.92 Å². The molecule has 162 valence electrons. The largest absolute Gasteiger partial charge is 0.460 e. The van der Waals surface area contributed by atoms with Gasteiger partial charge < -0.3 is 9.73 Å². The van der Waals surface area contributed by atoms with Gasteiger partial charge in [-0.1, -0.05) is 36.0 Å². The first-order chi connectivity index (χ1) is 15.7. The van der Waals surface area contributed by atoms with Crippen LogP contribution in [0.5, 0.6) is 0 Å². The second kappa shape index (κ2) is 8.15. The molecule has 6 nitrogen and oxygen atoms in total. The number of rotatable bonds is 5. The van der Waals surface area contributed by atoms with E-state index in [2.05, 4.69) is 31.7 Å². The third kappa shape index (κ3) is 3.72. The molecular weight excluding hydrogens is 420 g/mol. The molecule has 2 aliphatic heterocycles. The van der Waals surface area contributed by atoms with Gasteiger partial charge in [0.15, 0.2) is 0 Å². The summed E-state index contributed by atoms with van der Waals surface area (Å²) >= 11 is 1.51. The van der Waals surface area contributed by atoms with Gasteiger partial charge in [0.2, 0.25) is 0 Å². The highest BCUT2D eigenvalue weighted by Crippen LogP contribution is 2.34. The van der Waals surface area contributed by atoms with Gasteiger partial charge in [0, 0.05) is 11.9 Å². The number of hydrogen-bond donors (Lipinski definition) is 1. The van der Waals surface area contributed by atoms with E-state index in [0.29, 0.717) is 5.92 Å². The van der Waals surface area contributed by atoms with Gasteiger partial charge in [-0.25, -0.2) is 4.98 Å². The molecule has 0 radical (unpaired) electrons. The highest BCUT2D eigenvalue weighted by atomic mass is 32.2. The van der Waals surface area contributed by atoms with Crippen molar-refractivity contribution in [3.05, 3.63) is 71.1 Å². The van der Waals surface area contributed by atoms with Gasteiger partial charge in [-0.3, -0.25) is 14.1 Å². The van der Waals surface area contributed by atoms with Crippen LogP contribution in [0.4, 0.5) is 0 Å². The Morgan fingerprint density at radius 1 is 1.16 bits per heavy atom. The number of nitrogens with zero attached hydrogens (tertiary/aromatic N) is 3. The zero-order chi connectivity index (χ0) is 21.5. The van der Waals surface area contributed by atoms with Gasteiger partial charge in [0.25, 0.3) is 5.91 Å². The Balaban J connectivity index is 1.02. The number of pyridine rings is 1. The summed E-state index contributed by atoms with van der Waals surface area (Å²) in [5.41, 5.74) is 2.82. The number of carbonyl (C=O) groups is 1. The van der Waals surface area contributed by atoms with E-state index in [9.17, 15) is 4.79 Å². The molecule has 1 saturated heterocycles. The molecule has 32 heavy (non-hydrogen) atoms. The molecule has 1 aromatic carbocycles. The first-order valence-corrected chi connectivity index (χ1v) is 11.9. The molecule has 6 rings (SSSR count). The molecule has 2 aliphatic rings. The number of hydrogen-bond acceptors (Lipinski definition) is 5. The zero-order valence-electron chi connectivity index (χ0n) is 17.7. The first kappa shape index (κ1) is 19.6. The first-order valence-electron chi connectivity index (χ1n) is 11.1. The van der Waals surface area contributed by atoms with E-state index >= 15 is 0 Å². The van der Waals surface area contributed by atoms with Crippen molar-refractivity contribution in [2.75, 3.05) is 19.6 Å². The van der Waals surface area contributed by atoms with Crippen LogP contribution < -0.4 is 5.32 Å².